The van der Waals surface area contributed by atoms with Gasteiger partial charge in [-0.25, -0.2) is 0 Å². The Morgan fingerprint density at radius 2 is 2.00 bits per heavy atom. The van der Waals surface area contributed by atoms with Gasteiger partial charge in [-0.2, -0.15) is 0 Å². The molecule has 0 aromatic heterocycles. The number of amides is 1. The molecule has 0 radical (unpaired) electrons. The molecule has 5 heteroatoms. The lowest BCUT2D eigenvalue weighted by Crippen LogP contribution is -2.47. The first-order valence-corrected chi connectivity index (χ1v) is 9.93. The van der Waals surface area contributed by atoms with Crippen molar-refractivity contribution in [2.75, 3.05) is 13.1 Å². The van der Waals surface area contributed by atoms with E-state index in [-0.39, 0.29) is 17.9 Å². The van der Waals surface area contributed by atoms with Gasteiger partial charge in [-0.3, -0.25) is 9.79 Å². The minimum absolute atomic E-state index is 0.136. The number of hydrogen-bond donors (Lipinski definition) is 3. The topological polar surface area (TPSA) is 65.5 Å². The van der Waals surface area contributed by atoms with Crippen LogP contribution in [0.5, 0.6) is 0 Å². The van der Waals surface area contributed by atoms with E-state index < -0.39 is 0 Å². The lowest BCUT2D eigenvalue weighted by Gasteiger charge is -2.30. The van der Waals surface area contributed by atoms with Gasteiger partial charge in [0.15, 0.2) is 5.96 Å². The Kier molecular flexibility index (Phi) is 7.86. The summed E-state index contributed by atoms with van der Waals surface area (Å²) in [5.41, 5.74) is 0. The molecule has 0 bridgehead atoms. The molecule has 138 valence electrons. The van der Waals surface area contributed by atoms with Crippen molar-refractivity contribution in [3.63, 3.8) is 0 Å². The summed E-state index contributed by atoms with van der Waals surface area (Å²) in [5, 5.41) is 9.96. The van der Waals surface area contributed by atoms with Crippen LogP contribution in [0.15, 0.2) is 4.99 Å². The molecule has 2 unspecified atom stereocenters. The fourth-order valence-corrected chi connectivity index (χ4v) is 3.45. The predicted molar refractivity (Wildman–Crippen MR) is 100 cm³/mol. The predicted octanol–water partition coefficient (Wildman–Crippen LogP) is 2.82. The van der Waals surface area contributed by atoms with Crippen LogP contribution in [-0.4, -0.2) is 37.0 Å². The van der Waals surface area contributed by atoms with Crippen LogP contribution in [0.1, 0.15) is 72.1 Å². The highest BCUT2D eigenvalue weighted by molar-refractivity contribution is 5.81. The molecule has 2 rings (SSSR count). The van der Waals surface area contributed by atoms with Crippen molar-refractivity contribution < 1.29 is 4.79 Å². The third-order valence-corrected chi connectivity index (χ3v) is 4.90. The summed E-state index contributed by atoms with van der Waals surface area (Å²) < 4.78 is 0. The normalized spacial score (nSPS) is 24.8. The molecule has 0 aromatic rings. The van der Waals surface area contributed by atoms with Gasteiger partial charge in [0.1, 0.15) is 0 Å². The molecule has 2 aliphatic rings. The summed E-state index contributed by atoms with van der Waals surface area (Å²) in [5.74, 6) is 2.25. The molecule has 2 saturated carbocycles. The Morgan fingerprint density at radius 1 is 1.21 bits per heavy atom. The maximum absolute atomic E-state index is 12.3. The zero-order valence-corrected chi connectivity index (χ0v) is 15.7. The van der Waals surface area contributed by atoms with E-state index in [2.05, 4.69) is 22.9 Å². The molecule has 24 heavy (non-hydrogen) atoms. The minimum atomic E-state index is 0.136. The Hall–Kier alpha value is -1.26. The fraction of sp³-hybridized carbons (Fsp3) is 0.895. The van der Waals surface area contributed by atoms with Crippen LogP contribution in [0.2, 0.25) is 0 Å². The number of carbonyl (C=O) groups excluding carboxylic acids is 1. The second-order valence-electron chi connectivity index (χ2n) is 7.71. The van der Waals surface area contributed by atoms with Gasteiger partial charge in [0.25, 0.3) is 0 Å². The second-order valence-corrected chi connectivity index (χ2v) is 7.71. The van der Waals surface area contributed by atoms with Crippen LogP contribution in [0, 0.1) is 11.8 Å². The first-order chi connectivity index (χ1) is 11.6. The molecular weight excluding hydrogens is 300 g/mol. The van der Waals surface area contributed by atoms with E-state index in [1.165, 1.54) is 25.7 Å². The molecule has 0 aromatic carbocycles. The van der Waals surface area contributed by atoms with Crippen molar-refractivity contribution in [1.82, 2.24) is 16.0 Å². The molecule has 2 aliphatic carbocycles. The zero-order valence-electron chi connectivity index (χ0n) is 15.7. The van der Waals surface area contributed by atoms with Gasteiger partial charge >= 0.3 is 0 Å². The van der Waals surface area contributed by atoms with Crippen LogP contribution in [-0.2, 0) is 4.79 Å². The van der Waals surface area contributed by atoms with Crippen molar-refractivity contribution >= 4 is 11.9 Å². The van der Waals surface area contributed by atoms with Gasteiger partial charge in [0.05, 0.1) is 0 Å². The molecule has 2 fully saturated rings. The molecule has 0 spiro atoms. The van der Waals surface area contributed by atoms with E-state index >= 15 is 0 Å². The monoisotopic (exact) mass is 336 g/mol. The number of carbonyl (C=O) groups is 1. The summed E-state index contributed by atoms with van der Waals surface area (Å²) in [4.78, 5) is 17.0. The van der Waals surface area contributed by atoms with E-state index in [0.29, 0.717) is 6.04 Å². The number of hydrogen-bond acceptors (Lipinski definition) is 2. The fourth-order valence-electron chi connectivity index (χ4n) is 3.45. The Bertz CT molecular complexity index is 418. The SMILES string of the molecule is CCNC(=NCCCC1CC1)NC1CCCC(C(=O)NC(C)C)C1. The number of rotatable bonds is 8. The summed E-state index contributed by atoms with van der Waals surface area (Å²) >= 11 is 0. The second kappa shape index (κ2) is 9.90. The van der Waals surface area contributed by atoms with Crippen LogP contribution < -0.4 is 16.0 Å². The summed E-state index contributed by atoms with van der Waals surface area (Å²) in [6.07, 6.45) is 9.49. The van der Waals surface area contributed by atoms with Crippen LogP contribution in [0.25, 0.3) is 0 Å². The average molecular weight is 337 g/mol. The number of nitrogens with one attached hydrogen (secondary N) is 3. The van der Waals surface area contributed by atoms with Gasteiger partial charge in [0.2, 0.25) is 5.91 Å². The Morgan fingerprint density at radius 3 is 2.67 bits per heavy atom. The number of guanidine groups is 1. The van der Waals surface area contributed by atoms with Crippen molar-refractivity contribution in [3.8, 4) is 0 Å². The highest BCUT2D eigenvalue weighted by Crippen LogP contribution is 2.33. The quantitative estimate of drug-likeness (QED) is 0.363. The molecular formula is C19H36N4O. The molecule has 1 amide bonds. The molecule has 3 N–H and O–H groups in total. The van der Waals surface area contributed by atoms with Gasteiger partial charge in [-0.15, -0.1) is 0 Å². The van der Waals surface area contributed by atoms with Crippen molar-refractivity contribution in [1.29, 1.82) is 0 Å². The molecule has 5 nitrogen and oxygen atoms in total. The number of aliphatic imine (C=N–C) groups is 1. The van der Waals surface area contributed by atoms with Crippen LogP contribution >= 0.6 is 0 Å². The van der Waals surface area contributed by atoms with Gasteiger partial charge in [-0.1, -0.05) is 19.3 Å². The lowest BCUT2D eigenvalue weighted by molar-refractivity contribution is -0.126. The average Bonchev–Trinajstić information content (AvgIpc) is 3.35. The minimum Gasteiger partial charge on any atom is -0.357 e. The molecule has 0 aliphatic heterocycles. The van der Waals surface area contributed by atoms with E-state index in [4.69, 9.17) is 4.99 Å². The highest BCUT2D eigenvalue weighted by Gasteiger charge is 2.28. The molecule has 2 atom stereocenters. The lowest BCUT2D eigenvalue weighted by atomic mass is 9.85. The third kappa shape index (κ3) is 7.10. The summed E-state index contributed by atoms with van der Waals surface area (Å²) in [6.45, 7) is 7.91. The highest BCUT2D eigenvalue weighted by atomic mass is 16.1. The van der Waals surface area contributed by atoms with Gasteiger partial charge in [0, 0.05) is 31.1 Å². The van der Waals surface area contributed by atoms with Crippen molar-refractivity contribution in [2.24, 2.45) is 16.8 Å². The van der Waals surface area contributed by atoms with E-state index in [0.717, 1.165) is 50.7 Å². The Labute approximate surface area is 147 Å². The van der Waals surface area contributed by atoms with Gasteiger partial charge < -0.3 is 16.0 Å². The Balaban J connectivity index is 1.78. The number of nitrogens with zero attached hydrogens (tertiary/aromatic N) is 1. The standard InChI is InChI=1S/C19H36N4O/c1-4-20-19(21-12-6-7-15-10-11-15)23-17-9-5-8-16(13-17)18(24)22-14(2)3/h14-17H,4-13H2,1-3H3,(H,22,24)(H2,20,21,23). The smallest absolute Gasteiger partial charge is 0.223 e. The maximum Gasteiger partial charge on any atom is 0.223 e. The van der Waals surface area contributed by atoms with Crippen molar-refractivity contribution in [2.45, 2.75) is 84.2 Å². The first kappa shape index (κ1) is 19.1. The van der Waals surface area contributed by atoms with E-state index in [9.17, 15) is 4.79 Å². The van der Waals surface area contributed by atoms with Crippen LogP contribution in [0.4, 0.5) is 0 Å². The van der Waals surface area contributed by atoms with Crippen molar-refractivity contribution in [3.05, 3.63) is 0 Å². The first-order valence-electron chi connectivity index (χ1n) is 9.93. The summed E-state index contributed by atoms with van der Waals surface area (Å²) in [7, 11) is 0. The third-order valence-electron chi connectivity index (χ3n) is 4.90. The summed E-state index contributed by atoms with van der Waals surface area (Å²) in [6, 6.07) is 0.569. The largest absolute Gasteiger partial charge is 0.357 e. The van der Waals surface area contributed by atoms with E-state index in [1.54, 1.807) is 0 Å². The zero-order chi connectivity index (χ0) is 17.4. The van der Waals surface area contributed by atoms with Crippen LogP contribution in [0.3, 0.4) is 0 Å². The molecule has 0 saturated heterocycles. The molecule has 0 heterocycles. The maximum atomic E-state index is 12.3. The van der Waals surface area contributed by atoms with E-state index in [1.807, 2.05) is 13.8 Å². The van der Waals surface area contributed by atoms with Gasteiger partial charge in [-0.05, 0) is 58.8 Å².